The lowest BCUT2D eigenvalue weighted by atomic mass is 9.94. The van der Waals surface area contributed by atoms with Crippen molar-refractivity contribution in [3.8, 4) is 16.9 Å². The quantitative estimate of drug-likeness (QED) is 0.256. The van der Waals surface area contributed by atoms with Crippen LogP contribution in [0.5, 0.6) is 5.75 Å². The Balaban J connectivity index is 1.63. The molecule has 2 N–H and O–H groups in total. The fraction of sp³-hybridized carbons (Fsp3) is 0.182. The van der Waals surface area contributed by atoms with Gasteiger partial charge in [0.25, 0.3) is 11.8 Å². The smallest absolute Gasteiger partial charge is 0.305 e. The van der Waals surface area contributed by atoms with Gasteiger partial charge in [-0.1, -0.05) is 78.4 Å². The third-order valence-electron chi connectivity index (χ3n) is 6.61. The average Bonchev–Trinajstić information content (AvgIpc) is 2.98. The summed E-state index contributed by atoms with van der Waals surface area (Å²) in [5.41, 5.74) is 5.03. The maximum atomic E-state index is 13.9. The van der Waals surface area contributed by atoms with Gasteiger partial charge in [-0.2, -0.15) is 0 Å². The molecule has 0 atom stereocenters. The summed E-state index contributed by atoms with van der Waals surface area (Å²) in [7, 11) is 1.58. The molecule has 0 spiro atoms. The maximum Gasteiger partial charge on any atom is 0.305 e. The van der Waals surface area contributed by atoms with E-state index in [9.17, 15) is 19.5 Å². The van der Waals surface area contributed by atoms with Crippen LogP contribution in [0, 0.1) is 6.92 Å². The van der Waals surface area contributed by atoms with Gasteiger partial charge < -0.3 is 20.1 Å². The number of aryl methyl sites for hydroxylation is 1. The molecule has 4 aromatic carbocycles. The predicted octanol–water partition coefficient (Wildman–Crippen LogP) is 5.72. The minimum absolute atomic E-state index is 0.0349. The number of ether oxygens (including phenoxy) is 1. The fourth-order valence-electron chi connectivity index (χ4n) is 4.41. The highest BCUT2D eigenvalue weighted by molar-refractivity contribution is 6.06. The average molecular weight is 537 g/mol. The molecule has 0 radical (unpaired) electrons. The zero-order valence-corrected chi connectivity index (χ0v) is 22.6. The zero-order chi connectivity index (χ0) is 28.5. The normalized spacial score (nSPS) is 10.6. The minimum Gasteiger partial charge on any atom is -0.497 e. The summed E-state index contributed by atoms with van der Waals surface area (Å²) < 4.78 is 5.22. The van der Waals surface area contributed by atoms with Gasteiger partial charge >= 0.3 is 5.97 Å². The number of carboxylic acid groups (broad SMARTS) is 1. The second kappa shape index (κ2) is 13.2. The van der Waals surface area contributed by atoms with Gasteiger partial charge in [-0.15, -0.1) is 0 Å². The Kier molecular flexibility index (Phi) is 9.31. The van der Waals surface area contributed by atoms with Crippen molar-refractivity contribution in [3.63, 3.8) is 0 Å². The summed E-state index contributed by atoms with van der Waals surface area (Å²) in [5.74, 6) is -0.867. The van der Waals surface area contributed by atoms with E-state index in [1.54, 1.807) is 43.5 Å². The number of amides is 2. The van der Waals surface area contributed by atoms with Crippen LogP contribution < -0.4 is 10.1 Å². The molecule has 0 saturated heterocycles. The summed E-state index contributed by atoms with van der Waals surface area (Å²) in [6, 6.07) is 29.5. The first-order valence-corrected chi connectivity index (χ1v) is 13.0. The van der Waals surface area contributed by atoms with Crippen LogP contribution in [-0.2, 0) is 17.9 Å². The summed E-state index contributed by atoms with van der Waals surface area (Å²) >= 11 is 0. The fourth-order valence-corrected chi connectivity index (χ4v) is 4.41. The molecule has 0 aliphatic heterocycles. The van der Waals surface area contributed by atoms with Crippen LogP contribution in [-0.4, -0.2) is 41.4 Å². The molecule has 4 rings (SSSR count). The highest BCUT2D eigenvalue weighted by Gasteiger charge is 2.23. The number of aliphatic carboxylic acids is 1. The zero-order valence-electron chi connectivity index (χ0n) is 22.6. The van der Waals surface area contributed by atoms with Gasteiger partial charge in [-0.3, -0.25) is 14.4 Å². The number of hydrogen-bond donors (Lipinski definition) is 2. The molecule has 0 heterocycles. The van der Waals surface area contributed by atoms with Crippen LogP contribution >= 0.6 is 0 Å². The lowest BCUT2D eigenvalue weighted by Crippen LogP contribution is -2.33. The summed E-state index contributed by atoms with van der Waals surface area (Å²) in [6.07, 6.45) is -0.192. The van der Waals surface area contributed by atoms with E-state index in [0.29, 0.717) is 34.5 Å². The SMILES string of the molecule is COc1ccc(CN(CCC(=O)O)C(=O)c2ccccc2-c2ccccc2C(=O)NCc2ccc(C)cc2)cc1. The van der Waals surface area contributed by atoms with Crippen LogP contribution in [0.4, 0.5) is 0 Å². The molecule has 0 fully saturated rings. The Morgan fingerprint density at radius 3 is 1.98 bits per heavy atom. The second-order valence-electron chi connectivity index (χ2n) is 9.48. The van der Waals surface area contributed by atoms with Crippen molar-refractivity contribution in [2.45, 2.75) is 26.4 Å². The van der Waals surface area contributed by atoms with Crippen LogP contribution in [0.25, 0.3) is 11.1 Å². The van der Waals surface area contributed by atoms with Gasteiger partial charge in [0.2, 0.25) is 0 Å². The number of nitrogens with one attached hydrogen (secondary N) is 1. The van der Waals surface area contributed by atoms with Gasteiger partial charge in [0, 0.05) is 30.8 Å². The van der Waals surface area contributed by atoms with E-state index in [0.717, 1.165) is 16.7 Å². The minimum atomic E-state index is -0.989. The molecule has 0 aliphatic rings. The monoisotopic (exact) mass is 536 g/mol. The molecule has 0 saturated carbocycles. The van der Waals surface area contributed by atoms with Gasteiger partial charge in [0.1, 0.15) is 5.75 Å². The van der Waals surface area contributed by atoms with Crippen LogP contribution in [0.15, 0.2) is 97.1 Å². The molecule has 0 aliphatic carbocycles. The van der Waals surface area contributed by atoms with E-state index < -0.39 is 5.97 Å². The molecular weight excluding hydrogens is 504 g/mol. The number of rotatable bonds is 11. The Hall–Kier alpha value is -4.91. The van der Waals surface area contributed by atoms with Crippen molar-refractivity contribution in [1.29, 1.82) is 0 Å². The number of benzene rings is 4. The molecule has 2 amide bonds. The first kappa shape index (κ1) is 28.1. The molecule has 40 heavy (non-hydrogen) atoms. The third kappa shape index (κ3) is 7.14. The third-order valence-corrected chi connectivity index (χ3v) is 6.61. The molecule has 4 aromatic rings. The van der Waals surface area contributed by atoms with Crippen LogP contribution in [0.1, 0.15) is 43.8 Å². The molecule has 7 nitrogen and oxygen atoms in total. The Morgan fingerprint density at radius 2 is 1.35 bits per heavy atom. The number of carbonyl (C=O) groups excluding carboxylic acids is 2. The van der Waals surface area contributed by atoms with E-state index >= 15 is 0 Å². The molecule has 7 heteroatoms. The highest BCUT2D eigenvalue weighted by atomic mass is 16.5. The van der Waals surface area contributed by atoms with Crippen molar-refractivity contribution in [2.75, 3.05) is 13.7 Å². The van der Waals surface area contributed by atoms with Gasteiger partial charge in [0.05, 0.1) is 13.5 Å². The van der Waals surface area contributed by atoms with Gasteiger partial charge in [-0.25, -0.2) is 0 Å². The van der Waals surface area contributed by atoms with Crippen molar-refractivity contribution in [1.82, 2.24) is 10.2 Å². The molecular formula is C33H32N2O5. The van der Waals surface area contributed by atoms with E-state index in [4.69, 9.17) is 4.74 Å². The Bertz CT molecular complexity index is 1480. The Morgan fingerprint density at radius 1 is 0.775 bits per heavy atom. The summed E-state index contributed by atoms with van der Waals surface area (Å²) in [5, 5.41) is 12.3. The first-order chi connectivity index (χ1) is 19.4. The number of carbonyl (C=O) groups is 3. The summed E-state index contributed by atoms with van der Waals surface area (Å²) in [4.78, 5) is 40.1. The van der Waals surface area contributed by atoms with Crippen molar-refractivity contribution in [3.05, 3.63) is 125 Å². The first-order valence-electron chi connectivity index (χ1n) is 13.0. The van der Waals surface area contributed by atoms with Gasteiger partial charge in [0.15, 0.2) is 0 Å². The van der Waals surface area contributed by atoms with Gasteiger partial charge in [-0.05, 0) is 53.4 Å². The van der Waals surface area contributed by atoms with Crippen LogP contribution in [0.3, 0.4) is 0 Å². The highest BCUT2D eigenvalue weighted by Crippen LogP contribution is 2.29. The van der Waals surface area contributed by atoms with E-state index in [1.807, 2.05) is 67.6 Å². The number of carboxylic acids is 1. The summed E-state index contributed by atoms with van der Waals surface area (Å²) in [6.45, 7) is 2.65. The van der Waals surface area contributed by atoms with E-state index in [2.05, 4.69) is 5.32 Å². The number of methoxy groups -OCH3 is 1. The largest absolute Gasteiger partial charge is 0.497 e. The number of nitrogens with zero attached hydrogens (tertiary/aromatic N) is 1. The molecule has 204 valence electrons. The standard InChI is InChI=1S/C33H32N2O5/c1-23-11-13-24(14-12-23)21-34-32(38)29-9-5-3-7-27(29)28-8-4-6-10-30(28)33(39)35(20-19-31(36)37)22-25-15-17-26(40-2)18-16-25/h3-18H,19-22H2,1-2H3,(H,34,38)(H,36,37). The van der Waals surface area contributed by atoms with Crippen molar-refractivity contribution in [2.24, 2.45) is 0 Å². The molecule has 0 bridgehead atoms. The molecule has 0 aromatic heterocycles. The maximum absolute atomic E-state index is 13.9. The lowest BCUT2D eigenvalue weighted by molar-refractivity contribution is -0.137. The van der Waals surface area contributed by atoms with E-state index in [-0.39, 0.29) is 31.3 Å². The Labute approximate surface area is 234 Å². The molecule has 0 unspecified atom stereocenters. The van der Waals surface area contributed by atoms with Crippen molar-refractivity contribution >= 4 is 17.8 Å². The van der Waals surface area contributed by atoms with Crippen LogP contribution in [0.2, 0.25) is 0 Å². The second-order valence-corrected chi connectivity index (χ2v) is 9.48. The number of hydrogen-bond acceptors (Lipinski definition) is 4. The van der Waals surface area contributed by atoms with Crippen molar-refractivity contribution < 1.29 is 24.2 Å². The topological polar surface area (TPSA) is 95.9 Å². The van der Waals surface area contributed by atoms with E-state index in [1.165, 1.54) is 4.90 Å². The lowest BCUT2D eigenvalue weighted by Gasteiger charge is -2.24. The predicted molar refractivity (Wildman–Crippen MR) is 154 cm³/mol.